The van der Waals surface area contributed by atoms with E-state index < -0.39 is 24.1 Å². The highest BCUT2D eigenvalue weighted by Crippen LogP contribution is 2.34. The summed E-state index contributed by atoms with van der Waals surface area (Å²) < 4.78 is 63.7. The van der Waals surface area contributed by atoms with Gasteiger partial charge in [0.25, 0.3) is 0 Å². The van der Waals surface area contributed by atoms with E-state index in [1.54, 1.807) is 28.8 Å². The normalized spacial score (nSPS) is 14.9. The molecule has 2 aromatic heterocycles. The van der Waals surface area contributed by atoms with Crippen LogP contribution in [0.15, 0.2) is 53.6 Å². The molecule has 1 saturated heterocycles. The second-order valence-corrected chi connectivity index (χ2v) is 9.04. The zero-order chi connectivity index (χ0) is 26.3. The van der Waals surface area contributed by atoms with Crippen LogP contribution < -0.4 is 15.3 Å². The number of imidazole rings is 1. The number of nitrogens with zero attached hydrogens (tertiary/aromatic N) is 5. The number of methoxy groups -OCH3 is 1. The van der Waals surface area contributed by atoms with Crippen molar-refractivity contribution < 1.29 is 22.3 Å². The SMILES string of the molecule is COc1cccc2c1n(Cc1nccnc1C(F)(F)F)c(=O)n2C1CCN(c2c(C)cccc2F)CC1. The minimum Gasteiger partial charge on any atom is -0.494 e. The van der Waals surface area contributed by atoms with Crippen LogP contribution in [0.25, 0.3) is 11.0 Å². The lowest BCUT2D eigenvalue weighted by Crippen LogP contribution is -2.38. The van der Waals surface area contributed by atoms with Gasteiger partial charge in [0, 0.05) is 31.5 Å². The maximum atomic E-state index is 14.5. The molecule has 0 saturated carbocycles. The van der Waals surface area contributed by atoms with Gasteiger partial charge in [-0.25, -0.2) is 14.2 Å². The van der Waals surface area contributed by atoms with E-state index in [0.717, 1.165) is 11.8 Å². The van der Waals surface area contributed by atoms with E-state index in [4.69, 9.17) is 4.74 Å². The van der Waals surface area contributed by atoms with Crippen LogP contribution in [0.4, 0.5) is 23.2 Å². The van der Waals surface area contributed by atoms with Gasteiger partial charge in [-0.3, -0.25) is 14.1 Å². The molecule has 0 N–H and O–H groups in total. The van der Waals surface area contributed by atoms with Crippen LogP contribution in [0.3, 0.4) is 0 Å². The largest absolute Gasteiger partial charge is 0.494 e. The molecular formula is C26H25F4N5O2. The highest BCUT2D eigenvalue weighted by Gasteiger charge is 2.37. The third-order valence-electron chi connectivity index (χ3n) is 6.85. The van der Waals surface area contributed by atoms with Crippen molar-refractivity contribution in [2.45, 2.75) is 38.5 Å². The Morgan fingerprint density at radius 2 is 1.76 bits per heavy atom. The Morgan fingerprint density at radius 1 is 1.05 bits per heavy atom. The topological polar surface area (TPSA) is 65.2 Å². The Bertz CT molecular complexity index is 1480. The predicted molar refractivity (Wildman–Crippen MR) is 131 cm³/mol. The molecular weight excluding hydrogens is 490 g/mol. The number of benzene rings is 2. The van der Waals surface area contributed by atoms with Gasteiger partial charge in [-0.1, -0.05) is 18.2 Å². The summed E-state index contributed by atoms with van der Waals surface area (Å²) in [6.45, 7) is 2.49. The van der Waals surface area contributed by atoms with Gasteiger partial charge < -0.3 is 9.64 Å². The van der Waals surface area contributed by atoms with Gasteiger partial charge in [-0.15, -0.1) is 0 Å². The van der Waals surface area contributed by atoms with E-state index in [-0.39, 0.29) is 17.6 Å². The van der Waals surface area contributed by atoms with E-state index in [0.29, 0.717) is 48.4 Å². The number of alkyl halides is 3. The minimum atomic E-state index is -4.71. The molecule has 194 valence electrons. The number of para-hydroxylation sites is 2. The zero-order valence-electron chi connectivity index (χ0n) is 20.3. The summed E-state index contributed by atoms with van der Waals surface area (Å²) in [4.78, 5) is 23.1. The van der Waals surface area contributed by atoms with Crippen molar-refractivity contribution in [3.8, 4) is 5.75 Å². The smallest absolute Gasteiger partial charge is 0.435 e. The third kappa shape index (κ3) is 4.42. The number of fused-ring (bicyclic) bond motifs is 1. The van der Waals surface area contributed by atoms with Crippen molar-refractivity contribution in [2.75, 3.05) is 25.1 Å². The molecule has 37 heavy (non-hydrogen) atoms. The van der Waals surface area contributed by atoms with Gasteiger partial charge in [0.1, 0.15) is 17.1 Å². The fourth-order valence-corrected chi connectivity index (χ4v) is 5.21. The number of hydrogen-bond donors (Lipinski definition) is 0. The van der Waals surface area contributed by atoms with Crippen molar-refractivity contribution in [1.29, 1.82) is 0 Å². The van der Waals surface area contributed by atoms with Crippen LogP contribution in [-0.2, 0) is 12.7 Å². The molecule has 1 aliphatic rings. The molecule has 0 radical (unpaired) electrons. The Balaban J connectivity index is 1.55. The van der Waals surface area contributed by atoms with Crippen molar-refractivity contribution >= 4 is 16.7 Å². The summed E-state index contributed by atoms with van der Waals surface area (Å²) >= 11 is 0. The molecule has 0 bridgehead atoms. The van der Waals surface area contributed by atoms with Crippen molar-refractivity contribution in [2.24, 2.45) is 0 Å². The lowest BCUT2D eigenvalue weighted by Gasteiger charge is -2.35. The number of aromatic nitrogens is 4. The van der Waals surface area contributed by atoms with E-state index in [9.17, 15) is 22.4 Å². The minimum absolute atomic E-state index is 0.226. The van der Waals surface area contributed by atoms with Crippen molar-refractivity contribution in [3.05, 3.63) is 82.0 Å². The molecule has 1 fully saturated rings. The lowest BCUT2D eigenvalue weighted by atomic mass is 10.0. The predicted octanol–water partition coefficient (Wildman–Crippen LogP) is 4.96. The standard InChI is InChI=1S/C26H25F4N5O2/c1-16-5-3-6-18(27)22(16)33-13-9-17(10-14-33)35-20-7-4-8-21(37-2)23(20)34(25(35)36)15-19-24(26(28,29)30)32-12-11-31-19/h3-8,11-12,17H,9-10,13-15H2,1-2H3. The molecule has 2 aromatic carbocycles. The Kier molecular flexibility index (Phi) is 6.38. The number of ether oxygens (including phenoxy) is 1. The van der Waals surface area contributed by atoms with E-state index >= 15 is 0 Å². The van der Waals surface area contributed by atoms with Gasteiger partial charge >= 0.3 is 11.9 Å². The fraction of sp³-hybridized carbons (Fsp3) is 0.346. The summed E-state index contributed by atoms with van der Waals surface area (Å²) in [5.74, 6) is 0.0756. The lowest BCUT2D eigenvalue weighted by molar-refractivity contribution is -0.142. The quantitative estimate of drug-likeness (QED) is 0.352. The second kappa shape index (κ2) is 9.53. The van der Waals surface area contributed by atoms with Crippen LogP contribution in [-0.4, -0.2) is 39.3 Å². The van der Waals surface area contributed by atoms with Crippen LogP contribution in [0.2, 0.25) is 0 Å². The molecule has 7 nitrogen and oxygen atoms in total. The van der Waals surface area contributed by atoms with Gasteiger partial charge in [0.15, 0.2) is 5.69 Å². The number of piperidine rings is 1. The maximum absolute atomic E-state index is 14.5. The molecule has 1 aliphatic heterocycles. The molecule has 3 heterocycles. The Morgan fingerprint density at radius 3 is 2.43 bits per heavy atom. The molecule has 0 aliphatic carbocycles. The summed E-state index contributed by atoms with van der Waals surface area (Å²) in [5.41, 5.74) is 0.390. The summed E-state index contributed by atoms with van der Waals surface area (Å²) in [7, 11) is 1.44. The van der Waals surface area contributed by atoms with Crippen LogP contribution in [0, 0.1) is 12.7 Å². The van der Waals surface area contributed by atoms with Crippen LogP contribution >= 0.6 is 0 Å². The first-order chi connectivity index (χ1) is 17.7. The molecule has 4 aromatic rings. The van der Waals surface area contributed by atoms with E-state index in [1.165, 1.54) is 23.9 Å². The third-order valence-corrected chi connectivity index (χ3v) is 6.85. The first-order valence-electron chi connectivity index (χ1n) is 11.9. The molecule has 0 unspecified atom stereocenters. The second-order valence-electron chi connectivity index (χ2n) is 9.04. The van der Waals surface area contributed by atoms with Crippen molar-refractivity contribution in [3.63, 3.8) is 0 Å². The first-order valence-corrected chi connectivity index (χ1v) is 11.9. The Labute approximate surface area is 209 Å². The monoisotopic (exact) mass is 515 g/mol. The maximum Gasteiger partial charge on any atom is 0.435 e. The Hall–Kier alpha value is -3.89. The molecule has 0 atom stereocenters. The first kappa shape index (κ1) is 24.8. The number of rotatable bonds is 5. The van der Waals surface area contributed by atoms with Crippen LogP contribution in [0.1, 0.15) is 35.8 Å². The summed E-state index contributed by atoms with van der Waals surface area (Å²) in [6.07, 6.45) is -1.45. The fourth-order valence-electron chi connectivity index (χ4n) is 5.21. The van der Waals surface area contributed by atoms with Gasteiger partial charge in [0.2, 0.25) is 0 Å². The molecule has 0 spiro atoms. The number of aryl methyl sites for hydroxylation is 1. The van der Waals surface area contributed by atoms with E-state index in [2.05, 4.69) is 9.97 Å². The average molecular weight is 516 g/mol. The zero-order valence-corrected chi connectivity index (χ0v) is 20.3. The molecule has 11 heteroatoms. The number of anilines is 1. The van der Waals surface area contributed by atoms with Crippen LogP contribution in [0.5, 0.6) is 5.75 Å². The average Bonchev–Trinajstić information content (AvgIpc) is 3.15. The highest BCUT2D eigenvalue weighted by molar-refractivity contribution is 5.83. The number of halogens is 4. The van der Waals surface area contributed by atoms with Gasteiger partial charge in [-0.05, 0) is 43.5 Å². The van der Waals surface area contributed by atoms with Gasteiger partial charge in [-0.2, -0.15) is 13.2 Å². The van der Waals surface area contributed by atoms with Crippen molar-refractivity contribution in [1.82, 2.24) is 19.1 Å². The van der Waals surface area contributed by atoms with Gasteiger partial charge in [0.05, 0.1) is 30.6 Å². The molecule has 5 rings (SSSR count). The number of hydrogen-bond acceptors (Lipinski definition) is 5. The van der Waals surface area contributed by atoms with E-state index in [1.807, 2.05) is 17.9 Å². The molecule has 0 amide bonds. The summed E-state index contributed by atoms with van der Waals surface area (Å²) in [6, 6.07) is 9.89. The summed E-state index contributed by atoms with van der Waals surface area (Å²) in [5, 5.41) is 0. The highest BCUT2D eigenvalue weighted by atomic mass is 19.4.